The Hall–Kier alpha value is -1.10. The molecule has 2 rings (SSSR count). The van der Waals surface area contributed by atoms with Crippen molar-refractivity contribution in [2.45, 2.75) is 26.0 Å². The highest BCUT2D eigenvalue weighted by Gasteiger charge is 2.18. The average molecular weight is 265 g/mol. The topological polar surface area (TPSA) is 39.7 Å². The summed E-state index contributed by atoms with van der Waals surface area (Å²) in [5.74, 6) is 0.944. The third kappa shape index (κ3) is 4.82. The monoisotopic (exact) mass is 265 g/mol. The second-order valence-corrected chi connectivity index (χ2v) is 4.66. The number of hydrogen-bond acceptors (Lipinski definition) is 4. The van der Waals surface area contributed by atoms with Gasteiger partial charge in [0.25, 0.3) is 0 Å². The van der Waals surface area contributed by atoms with Gasteiger partial charge in [-0.1, -0.05) is 25.1 Å². The maximum atomic E-state index is 5.78. The van der Waals surface area contributed by atoms with Crippen LogP contribution in [-0.2, 0) is 16.0 Å². The third-order valence-corrected chi connectivity index (χ3v) is 3.02. The first-order valence-electron chi connectivity index (χ1n) is 7.01. The first-order chi connectivity index (χ1) is 9.40. The summed E-state index contributed by atoms with van der Waals surface area (Å²) in [6.07, 6.45) is 1.41. The Morgan fingerprint density at radius 1 is 1.26 bits per heavy atom. The van der Waals surface area contributed by atoms with Crippen LogP contribution in [-0.4, -0.2) is 39.1 Å². The molecule has 1 fully saturated rings. The molecular formula is C15H23NO3. The largest absolute Gasteiger partial charge is 0.491 e. The van der Waals surface area contributed by atoms with Crippen LogP contribution in [0.15, 0.2) is 24.3 Å². The molecule has 1 heterocycles. The Labute approximate surface area is 115 Å². The van der Waals surface area contributed by atoms with Gasteiger partial charge in [0.2, 0.25) is 0 Å². The molecule has 19 heavy (non-hydrogen) atoms. The van der Waals surface area contributed by atoms with E-state index in [0.717, 1.165) is 38.5 Å². The van der Waals surface area contributed by atoms with E-state index < -0.39 is 0 Å². The number of benzene rings is 1. The molecule has 4 nitrogen and oxygen atoms in total. The van der Waals surface area contributed by atoms with Crippen molar-refractivity contribution in [2.75, 3.05) is 33.0 Å². The fraction of sp³-hybridized carbons (Fsp3) is 0.600. The lowest BCUT2D eigenvalue weighted by atomic mass is 10.2. The molecule has 1 aliphatic rings. The molecule has 0 spiro atoms. The lowest BCUT2D eigenvalue weighted by molar-refractivity contribution is -0.132. The Bertz CT molecular complexity index is 366. The molecule has 1 N–H and O–H groups in total. The molecule has 0 bridgehead atoms. The molecular weight excluding hydrogens is 242 g/mol. The Balaban J connectivity index is 1.71. The molecule has 0 saturated carbocycles. The highest BCUT2D eigenvalue weighted by molar-refractivity contribution is 5.33. The van der Waals surface area contributed by atoms with Crippen LogP contribution < -0.4 is 10.1 Å². The van der Waals surface area contributed by atoms with Crippen molar-refractivity contribution in [3.8, 4) is 5.75 Å². The molecule has 1 aromatic carbocycles. The van der Waals surface area contributed by atoms with E-state index in [9.17, 15) is 0 Å². The van der Waals surface area contributed by atoms with Gasteiger partial charge >= 0.3 is 0 Å². The summed E-state index contributed by atoms with van der Waals surface area (Å²) in [6, 6.07) is 8.14. The zero-order chi connectivity index (χ0) is 13.3. The highest BCUT2D eigenvalue weighted by Crippen LogP contribution is 2.17. The van der Waals surface area contributed by atoms with E-state index >= 15 is 0 Å². The van der Waals surface area contributed by atoms with Gasteiger partial charge in [0.05, 0.1) is 19.8 Å². The van der Waals surface area contributed by atoms with Crippen LogP contribution in [0.25, 0.3) is 0 Å². The summed E-state index contributed by atoms with van der Waals surface area (Å²) >= 11 is 0. The average Bonchev–Trinajstić information content (AvgIpc) is 2.38. The van der Waals surface area contributed by atoms with E-state index in [1.807, 2.05) is 18.2 Å². The minimum absolute atomic E-state index is 0.269. The smallest absolute Gasteiger partial charge is 0.123 e. The number of ether oxygens (including phenoxy) is 3. The predicted octanol–water partition coefficient (Wildman–Crippen LogP) is 1.98. The number of hydrogen-bond donors (Lipinski definition) is 1. The molecule has 4 heteroatoms. The number of rotatable bonds is 9. The summed E-state index contributed by atoms with van der Waals surface area (Å²) in [6.45, 7) is 6.68. The second-order valence-electron chi connectivity index (χ2n) is 4.66. The predicted molar refractivity (Wildman–Crippen MR) is 74.5 cm³/mol. The van der Waals surface area contributed by atoms with Crippen molar-refractivity contribution >= 4 is 0 Å². The van der Waals surface area contributed by atoms with Gasteiger partial charge in [0.1, 0.15) is 18.5 Å². The zero-order valence-electron chi connectivity index (χ0n) is 11.6. The van der Waals surface area contributed by atoms with Gasteiger partial charge in [0.15, 0.2) is 0 Å². The van der Waals surface area contributed by atoms with Gasteiger partial charge in [-0.25, -0.2) is 0 Å². The quantitative estimate of drug-likeness (QED) is 0.693. The number of nitrogens with one attached hydrogen (secondary N) is 1. The minimum Gasteiger partial charge on any atom is -0.491 e. The van der Waals surface area contributed by atoms with Crippen molar-refractivity contribution in [3.05, 3.63) is 29.8 Å². The molecule has 1 aromatic rings. The summed E-state index contributed by atoms with van der Waals surface area (Å²) in [7, 11) is 0. The van der Waals surface area contributed by atoms with E-state index in [2.05, 4.69) is 18.3 Å². The first-order valence-corrected chi connectivity index (χ1v) is 7.01. The van der Waals surface area contributed by atoms with Crippen LogP contribution in [0.2, 0.25) is 0 Å². The van der Waals surface area contributed by atoms with Crippen molar-refractivity contribution in [1.82, 2.24) is 5.32 Å². The van der Waals surface area contributed by atoms with Crippen LogP contribution in [0.4, 0.5) is 0 Å². The van der Waals surface area contributed by atoms with Crippen molar-refractivity contribution in [1.29, 1.82) is 0 Å². The minimum atomic E-state index is 0.269. The lowest BCUT2D eigenvalue weighted by Gasteiger charge is -2.25. The van der Waals surface area contributed by atoms with Crippen molar-refractivity contribution in [3.63, 3.8) is 0 Å². The van der Waals surface area contributed by atoms with E-state index in [1.54, 1.807) is 0 Å². The highest BCUT2D eigenvalue weighted by atomic mass is 16.6. The van der Waals surface area contributed by atoms with E-state index in [1.165, 1.54) is 5.56 Å². The van der Waals surface area contributed by atoms with Crippen LogP contribution in [0.5, 0.6) is 5.75 Å². The van der Waals surface area contributed by atoms with Crippen LogP contribution in [0.3, 0.4) is 0 Å². The zero-order valence-corrected chi connectivity index (χ0v) is 11.6. The van der Waals surface area contributed by atoms with Gasteiger partial charge in [-0.05, 0) is 19.0 Å². The molecule has 0 radical (unpaired) electrons. The molecule has 0 aliphatic carbocycles. The SMILES string of the molecule is CCCNCc1ccccc1OCCOC1COC1. The number of para-hydroxylation sites is 1. The third-order valence-electron chi connectivity index (χ3n) is 3.02. The fourth-order valence-corrected chi connectivity index (χ4v) is 1.87. The summed E-state index contributed by atoms with van der Waals surface area (Å²) in [5.41, 5.74) is 1.20. The summed E-state index contributed by atoms with van der Waals surface area (Å²) < 4.78 is 16.4. The molecule has 106 valence electrons. The second kappa shape index (κ2) is 8.15. The molecule has 0 aromatic heterocycles. The first kappa shape index (κ1) is 14.3. The van der Waals surface area contributed by atoms with Crippen LogP contribution in [0.1, 0.15) is 18.9 Å². The molecule has 0 atom stereocenters. The van der Waals surface area contributed by atoms with Crippen molar-refractivity contribution in [2.24, 2.45) is 0 Å². The van der Waals surface area contributed by atoms with Gasteiger partial charge in [-0.15, -0.1) is 0 Å². The van der Waals surface area contributed by atoms with Crippen LogP contribution in [0, 0.1) is 0 Å². The molecule has 0 amide bonds. The maximum Gasteiger partial charge on any atom is 0.123 e. The van der Waals surface area contributed by atoms with Gasteiger partial charge in [-0.2, -0.15) is 0 Å². The normalized spacial score (nSPS) is 15.2. The Morgan fingerprint density at radius 2 is 2.11 bits per heavy atom. The van der Waals surface area contributed by atoms with Gasteiger partial charge < -0.3 is 19.5 Å². The Kier molecular flexibility index (Phi) is 6.14. The van der Waals surface area contributed by atoms with E-state index in [0.29, 0.717) is 13.2 Å². The molecule has 1 saturated heterocycles. The van der Waals surface area contributed by atoms with Crippen LogP contribution >= 0.6 is 0 Å². The van der Waals surface area contributed by atoms with E-state index in [-0.39, 0.29) is 6.10 Å². The lowest BCUT2D eigenvalue weighted by Crippen LogP contribution is -2.37. The molecule has 0 unspecified atom stereocenters. The van der Waals surface area contributed by atoms with Gasteiger partial charge in [0, 0.05) is 12.1 Å². The molecule has 1 aliphatic heterocycles. The standard InChI is InChI=1S/C15H23NO3/c1-2-7-16-10-13-5-3-4-6-15(13)19-9-8-18-14-11-17-12-14/h3-6,14,16H,2,7-12H2,1H3. The fourth-order valence-electron chi connectivity index (χ4n) is 1.87. The van der Waals surface area contributed by atoms with Gasteiger partial charge in [-0.3, -0.25) is 0 Å². The maximum absolute atomic E-state index is 5.78. The van der Waals surface area contributed by atoms with E-state index in [4.69, 9.17) is 14.2 Å². The van der Waals surface area contributed by atoms with Crippen molar-refractivity contribution < 1.29 is 14.2 Å². The summed E-state index contributed by atoms with van der Waals surface area (Å²) in [4.78, 5) is 0. The Morgan fingerprint density at radius 3 is 2.84 bits per heavy atom. The summed E-state index contributed by atoms with van der Waals surface area (Å²) in [5, 5.41) is 3.39.